The third kappa shape index (κ3) is 6.62. The van der Waals surface area contributed by atoms with E-state index in [1.54, 1.807) is 0 Å². The highest BCUT2D eigenvalue weighted by Gasteiger charge is 2.38. The molecule has 4 N–H and O–H groups in total. The first-order valence-corrected chi connectivity index (χ1v) is 5.04. The summed E-state index contributed by atoms with van der Waals surface area (Å²) in [5.41, 5.74) is 5.53. The second kappa shape index (κ2) is 6.70. The van der Waals surface area contributed by atoms with Crippen molar-refractivity contribution in [1.82, 2.24) is 5.32 Å². The van der Waals surface area contributed by atoms with Gasteiger partial charge in [-0.25, -0.2) is 0 Å². The first-order chi connectivity index (χ1) is 7.27. The van der Waals surface area contributed by atoms with Gasteiger partial charge >= 0.3 is 6.18 Å². The van der Waals surface area contributed by atoms with Crippen molar-refractivity contribution in [3.8, 4) is 0 Å². The number of amides is 1. The molecule has 0 spiro atoms. The molecule has 0 aromatic heterocycles. The van der Waals surface area contributed by atoms with Crippen LogP contribution in [0.2, 0.25) is 0 Å². The summed E-state index contributed by atoms with van der Waals surface area (Å²) in [6, 6.07) is -0.354. The number of hydrogen-bond acceptors (Lipinski definition) is 3. The van der Waals surface area contributed by atoms with Crippen molar-refractivity contribution in [2.45, 2.75) is 44.5 Å². The quantitative estimate of drug-likeness (QED) is 0.636. The number of nitrogens with one attached hydrogen (secondary N) is 1. The van der Waals surface area contributed by atoms with Crippen molar-refractivity contribution >= 4 is 5.91 Å². The summed E-state index contributed by atoms with van der Waals surface area (Å²) in [6.07, 6.45) is -5.83. The zero-order chi connectivity index (χ0) is 12.8. The second-order valence-corrected chi connectivity index (χ2v) is 3.61. The molecule has 0 heterocycles. The van der Waals surface area contributed by atoms with Crippen molar-refractivity contribution in [2.24, 2.45) is 5.73 Å². The predicted octanol–water partition coefficient (Wildman–Crippen LogP) is 0.543. The van der Waals surface area contributed by atoms with Crippen LogP contribution in [0.1, 0.15) is 26.2 Å². The average molecular weight is 242 g/mol. The molecule has 7 heteroatoms. The minimum atomic E-state index is -4.71. The molecule has 0 rings (SSSR count). The van der Waals surface area contributed by atoms with Crippen LogP contribution < -0.4 is 11.1 Å². The van der Waals surface area contributed by atoms with Crippen LogP contribution in [0.4, 0.5) is 13.2 Å². The fourth-order valence-corrected chi connectivity index (χ4v) is 1.11. The topological polar surface area (TPSA) is 75.4 Å². The number of carbonyl (C=O) groups excluding carboxylic acids is 1. The van der Waals surface area contributed by atoms with Crippen LogP contribution in [0.3, 0.4) is 0 Å². The van der Waals surface area contributed by atoms with E-state index in [4.69, 9.17) is 10.8 Å². The Labute approximate surface area is 92.0 Å². The molecule has 0 aliphatic rings. The Balaban J connectivity index is 3.82. The predicted molar refractivity (Wildman–Crippen MR) is 52.6 cm³/mol. The standard InChI is InChI=1S/C9H17F3N2O2/c1-2-3-6(13)4-8(16)14-5-7(15)9(10,11)12/h6-7,15H,2-5,13H2,1H3,(H,14,16). The Hall–Kier alpha value is -0.820. The van der Waals surface area contributed by atoms with Gasteiger partial charge in [0.05, 0.1) is 6.54 Å². The lowest BCUT2D eigenvalue weighted by molar-refractivity contribution is -0.201. The summed E-state index contributed by atoms with van der Waals surface area (Å²) < 4.78 is 35.6. The van der Waals surface area contributed by atoms with Gasteiger partial charge in [-0.15, -0.1) is 0 Å². The van der Waals surface area contributed by atoms with Crippen LogP contribution in [0.15, 0.2) is 0 Å². The van der Waals surface area contributed by atoms with Crippen LogP contribution >= 0.6 is 0 Å². The van der Waals surface area contributed by atoms with Crippen molar-refractivity contribution in [3.05, 3.63) is 0 Å². The number of nitrogens with two attached hydrogens (primary N) is 1. The maximum atomic E-state index is 11.9. The van der Waals surface area contributed by atoms with Gasteiger partial charge in [0.2, 0.25) is 5.91 Å². The molecular formula is C9H17F3N2O2. The molecule has 0 saturated heterocycles. The molecule has 0 radical (unpaired) electrons. The summed E-state index contributed by atoms with van der Waals surface area (Å²) >= 11 is 0. The summed E-state index contributed by atoms with van der Waals surface area (Å²) in [6.45, 7) is 1.06. The van der Waals surface area contributed by atoms with E-state index in [0.29, 0.717) is 6.42 Å². The van der Waals surface area contributed by atoms with E-state index in [9.17, 15) is 18.0 Å². The maximum Gasteiger partial charge on any atom is 0.416 e. The molecule has 2 unspecified atom stereocenters. The highest BCUT2D eigenvalue weighted by molar-refractivity contribution is 5.76. The number of carbonyl (C=O) groups is 1. The summed E-state index contributed by atoms with van der Waals surface area (Å²) in [7, 11) is 0. The molecule has 0 aromatic rings. The fourth-order valence-electron chi connectivity index (χ4n) is 1.11. The largest absolute Gasteiger partial charge is 0.416 e. The number of aliphatic hydroxyl groups excluding tert-OH is 1. The number of rotatable bonds is 6. The third-order valence-electron chi connectivity index (χ3n) is 1.98. The number of hydrogen-bond donors (Lipinski definition) is 3. The van der Waals surface area contributed by atoms with Crippen LogP contribution in [-0.2, 0) is 4.79 Å². The van der Waals surface area contributed by atoms with Crippen molar-refractivity contribution in [3.63, 3.8) is 0 Å². The number of alkyl halides is 3. The Morgan fingerprint density at radius 1 is 1.50 bits per heavy atom. The molecular weight excluding hydrogens is 225 g/mol. The maximum absolute atomic E-state index is 11.9. The van der Waals surface area contributed by atoms with Gasteiger partial charge in [0.25, 0.3) is 0 Å². The zero-order valence-corrected chi connectivity index (χ0v) is 9.05. The first-order valence-electron chi connectivity index (χ1n) is 5.04. The van der Waals surface area contributed by atoms with Gasteiger partial charge in [0.1, 0.15) is 0 Å². The molecule has 0 saturated carbocycles. The van der Waals surface area contributed by atoms with E-state index in [1.165, 1.54) is 0 Å². The van der Waals surface area contributed by atoms with Crippen molar-refractivity contribution in [1.29, 1.82) is 0 Å². The highest BCUT2D eigenvalue weighted by atomic mass is 19.4. The lowest BCUT2D eigenvalue weighted by Crippen LogP contribution is -2.42. The minimum absolute atomic E-state index is 0.0293. The van der Waals surface area contributed by atoms with Gasteiger partial charge in [0, 0.05) is 12.5 Å². The number of aliphatic hydroxyl groups is 1. The Morgan fingerprint density at radius 3 is 2.50 bits per heavy atom. The Bertz CT molecular complexity index is 221. The molecule has 0 fully saturated rings. The Morgan fingerprint density at radius 2 is 2.06 bits per heavy atom. The lowest BCUT2D eigenvalue weighted by Gasteiger charge is -2.16. The molecule has 0 aliphatic heterocycles. The van der Waals surface area contributed by atoms with Crippen LogP contribution in [0, 0.1) is 0 Å². The zero-order valence-electron chi connectivity index (χ0n) is 9.05. The van der Waals surface area contributed by atoms with Crippen molar-refractivity contribution < 1.29 is 23.1 Å². The molecule has 1 amide bonds. The van der Waals surface area contributed by atoms with Gasteiger partial charge in [0.15, 0.2) is 6.10 Å². The van der Waals surface area contributed by atoms with Gasteiger partial charge in [-0.2, -0.15) is 13.2 Å². The minimum Gasteiger partial charge on any atom is -0.382 e. The van der Waals surface area contributed by atoms with Gasteiger partial charge in [-0.05, 0) is 6.42 Å². The summed E-state index contributed by atoms with van der Waals surface area (Å²) in [5.74, 6) is -0.579. The first kappa shape index (κ1) is 15.2. The van der Waals surface area contributed by atoms with Gasteiger partial charge < -0.3 is 16.2 Å². The van der Waals surface area contributed by atoms with Crippen LogP contribution in [0.5, 0.6) is 0 Å². The van der Waals surface area contributed by atoms with Crippen molar-refractivity contribution in [2.75, 3.05) is 6.54 Å². The SMILES string of the molecule is CCCC(N)CC(=O)NCC(O)C(F)(F)F. The molecule has 2 atom stereocenters. The smallest absolute Gasteiger partial charge is 0.382 e. The third-order valence-corrected chi connectivity index (χ3v) is 1.98. The summed E-state index contributed by atoms with van der Waals surface area (Å²) in [4.78, 5) is 11.1. The molecule has 0 aromatic carbocycles. The van der Waals surface area contributed by atoms with E-state index < -0.39 is 24.7 Å². The lowest BCUT2D eigenvalue weighted by atomic mass is 10.1. The van der Waals surface area contributed by atoms with E-state index in [0.717, 1.165) is 6.42 Å². The number of halogens is 3. The monoisotopic (exact) mass is 242 g/mol. The van der Waals surface area contributed by atoms with Gasteiger partial charge in [-0.3, -0.25) is 4.79 Å². The van der Waals surface area contributed by atoms with Crippen LogP contribution in [0.25, 0.3) is 0 Å². The van der Waals surface area contributed by atoms with E-state index in [2.05, 4.69) is 0 Å². The molecule has 4 nitrogen and oxygen atoms in total. The van der Waals surface area contributed by atoms with E-state index in [1.807, 2.05) is 12.2 Å². The fraction of sp³-hybridized carbons (Fsp3) is 0.889. The van der Waals surface area contributed by atoms with E-state index in [-0.39, 0.29) is 12.5 Å². The van der Waals surface area contributed by atoms with Gasteiger partial charge in [-0.1, -0.05) is 13.3 Å². The highest BCUT2D eigenvalue weighted by Crippen LogP contribution is 2.19. The molecule has 96 valence electrons. The summed E-state index contributed by atoms with van der Waals surface area (Å²) in [5, 5.41) is 10.6. The average Bonchev–Trinajstić information content (AvgIpc) is 2.12. The van der Waals surface area contributed by atoms with Crippen LogP contribution in [-0.4, -0.2) is 35.9 Å². The normalized spacial score (nSPS) is 15.6. The second-order valence-electron chi connectivity index (χ2n) is 3.61. The van der Waals surface area contributed by atoms with E-state index >= 15 is 0 Å². The Kier molecular flexibility index (Phi) is 6.35. The molecule has 16 heavy (non-hydrogen) atoms. The molecule has 0 bridgehead atoms. The molecule has 0 aliphatic carbocycles.